The Morgan fingerprint density at radius 1 is 1.44 bits per heavy atom. The van der Waals surface area contributed by atoms with Gasteiger partial charge >= 0.3 is 0 Å². The van der Waals surface area contributed by atoms with Crippen molar-refractivity contribution in [2.75, 3.05) is 13.1 Å². The van der Waals surface area contributed by atoms with E-state index in [1.165, 1.54) is 12.1 Å². The molecule has 0 saturated carbocycles. The molecule has 0 amide bonds. The number of phenols is 1. The topological polar surface area (TPSA) is 66.4 Å². The molecule has 0 aliphatic carbocycles. The van der Waals surface area contributed by atoms with E-state index in [4.69, 9.17) is 0 Å². The van der Waals surface area contributed by atoms with Gasteiger partial charge in [0.1, 0.15) is 10.6 Å². The molecule has 0 bridgehead atoms. The Balaban J connectivity index is 2.42. The lowest BCUT2D eigenvalue weighted by molar-refractivity contribution is 0.457. The fraction of sp³-hybridized carbons (Fsp3) is 0.455. The van der Waals surface area contributed by atoms with Crippen molar-refractivity contribution in [3.63, 3.8) is 0 Å². The van der Waals surface area contributed by atoms with Crippen LogP contribution in [0.1, 0.15) is 12.0 Å². The number of hydrogen-bond acceptors (Lipinski definition) is 4. The van der Waals surface area contributed by atoms with Gasteiger partial charge in [0.2, 0.25) is 0 Å². The zero-order chi connectivity index (χ0) is 11.8. The molecule has 1 saturated heterocycles. The van der Waals surface area contributed by atoms with Gasteiger partial charge < -0.3 is 10.4 Å². The van der Waals surface area contributed by atoms with Crippen molar-refractivity contribution in [2.24, 2.45) is 0 Å². The zero-order valence-corrected chi connectivity index (χ0v) is 9.92. The molecular weight excluding hydrogens is 226 g/mol. The van der Waals surface area contributed by atoms with Gasteiger partial charge in [-0.1, -0.05) is 6.07 Å². The van der Waals surface area contributed by atoms with Crippen molar-refractivity contribution in [3.05, 3.63) is 23.8 Å². The maximum absolute atomic E-state index is 12.2. The third-order valence-corrected chi connectivity index (χ3v) is 5.11. The largest absolute Gasteiger partial charge is 0.507 e. The summed E-state index contributed by atoms with van der Waals surface area (Å²) >= 11 is 0. The molecular formula is C11H15NO3S. The maximum Gasteiger partial charge on any atom is 0.186 e. The van der Waals surface area contributed by atoms with Crippen LogP contribution in [0.3, 0.4) is 0 Å². The van der Waals surface area contributed by atoms with Crippen LogP contribution in [-0.4, -0.2) is 31.9 Å². The number of aromatic hydroxyl groups is 1. The third kappa shape index (κ3) is 1.92. The highest BCUT2D eigenvalue weighted by Gasteiger charge is 2.31. The van der Waals surface area contributed by atoms with E-state index in [-0.39, 0.29) is 10.6 Å². The molecule has 0 radical (unpaired) electrons. The Labute approximate surface area is 95.2 Å². The molecule has 1 aromatic carbocycles. The minimum Gasteiger partial charge on any atom is -0.507 e. The first-order valence-electron chi connectivity index (χ1n) is 5.26. The molecule has 1 atom stereocenters. The maximum atomic E-state index is 12.2. The van der Waals surface area contributed by atoms with Gasteiger partial charge in [-0.25, -0.2) is 8.42 Å². The van der Waals surface area contributed by atoms with E-state index < -0.39 is 15.1 Å². The minimum atomic E-state index is -3.40. The van der Waals surface area contributed by atoms with Gasteiger partial charge in [0.25, 0.3) is 0 Å². The Morgan fingerprint density at radius 2 is 2.19 bits per heavy atom. The van der Waals surface area contributed by atoms with Crippen molar-refractivity contribution >= 4 is 9.84 Å². The SMILES string of the molecule is Cc1ccc(S(=O)(=O)[C@@H]2CCNC2)c(O)c1. The molecule has 1 fully saturated rings. The van der Waals surface area contributed by atoms with Crippen LogP contribution in [0.5, 0.6) is 5.75 Å². The summed E-state index contributed by atoms with van der Waals surface area (Å²) in [7, 11) is -3.40. The summed E-state index contributed by atoms with van der Waals surface area (Å²) in [6.45, 7) is 3.00. The van der Waals surface area contributed by atoms with Crippen LogP contribution in [-0.2, 0) is 9.84 Å². The lowest BCUT2D eigenvalue weighted by Crippen LogP contribution is -2.24. The van der Waals surface area contributed by atoms with E-state index >= 15 is 0 Å². The number of phenolic OH excluding ortho intramolecular Hbond substituents is 1. The minimum absolute atomic E-state index is 0.0480. The van der Waals surface area contributed by atoms with E-state index in [2.05, 4.69) is 5.32 Å². The second kappa shape index (κ2) is 4.07. The summed E-state index contributed by atoms with van der Waals surface area (Å²) in [5.41, 5.74) is 0.848. The van der Waals surface area contributed by atoms with Gasteiger partial charge in [-0.15, -0.1) is 0 Å². The molecule has 0 aromatic heterocycles. The second-order valence-corrected chi connectivity index (χ2v) is 6.33. The number of rotatable bonds is 2. The number of nitrogens with one attached hydrogen (secondary N) is 1. The predicted octanol–water partition coefficient (Wildman–Crippen LogP) is 0.836. The fourth-order valence-corrected chi connectivity index (χ4v) is 3.67. The molecule has 0 spiro atoms. The lowest BCUT2D eigenvalue weighted by Gasteiger charge is -2.12. The molecule has 1 heterocycles. The summed E-state index contributed by atoms with van der Waals surface area (Å²) in [6.07, 6.45) is 0.607. The van der Waals surface area contributed by atoms with Gasteiger partial charge in [0.05, 0.1) is 5.25 Å². The standard InChI is InChI=1S/C11H15NO3S/c1-8-2-3-11(10(13)6-8)16(14,15)9-4-5-12-7-9/h2-3,6,9,12-13H,4-5,7H2,1H3/t9-/m1/s1. The molecule has 1 aliphatic rings. The number of aryl methyl sites for hydroxylation is 1. The van der Waals surface area contributed by atoms with Crippen molar-refractivity contribution in [1.29, 1.82) is 0 Å². The zero-order valence-electron chi connectivity index (χ0n) is 9.10. The Bertz CT molecular complexity index is 490. The first kappa shape index (κ1) is 11.4. The highest BCUT2D eigenvalue weighted by atomic mass is 32.2. The van der Waals surface area contributed by atoms with Crippen LogP contribution in [0.15, 0.2) is 23.1 Å². The molecule has 0 unspecified atom stereocenters. The van der Waals surface area contributed by atoms with E-state index in [0.29, 0.717) is 13.0 Å². The molecule has 1 aromatic rings. The number of sulfone groups is 1. The Morgan fingerprint density at radius 3 is 2.75 bits per heavy atom. The summed E-state index contributed by atoms with van der Waals surface area (Å²) in [5.74, 6) is -0.146. The van der Waals surface area contributed by atoms with Crippen molar-refractivity contribution in [3.8, 4) is 5.75 Å². The molecule has 5 heteroatoms. The van der Waals surface area contributed by atoms with E-state index in [9.17, 15) is 13.5 Å². The van der Waals surface area contributed by atoms with Gasteiger partial charge in [0, 0.05) is 6.54 Å². The van der Waals surface area contributed by atoms with Crippen molar-refractivity contribution < 1.29 is 13.5 Å². The smallest absolute Gasteiger partial charge is 0.186 e. The normalized spacial score (nSPS) is 21.2. The van der Waals surface area contributed by atoms with Gasteiger partial charge in [-0.2, -0.15) is 0 Å². The first-order valence-corrected chi connectivity index (χ1v) is 6.80. The molecule has 16 heavy (non-hydrogen) atoms. The monoisotopic (exact) mass is 241 g/mol. The third-order valence-electron chi connectivity index (χ3n) is 2.87. The Kier molecular flexibility index (Phi) is 2.90. The highest BCUT2D eigenvalue weighted by molar-refractivity contribution is 7.92. The highest BCUT2D eigenvalue weighted by Crippen LogP contribution is 2.28. The van der Waals surface area contributed by atoms with Crippen LogP contribution in [0.2, 0.25) is 0 Å². The average Bonchev–Trinajstić information content (AvgIpc) is 2.69. The molecule has 2 N–H and O–H groups in total. The van der Waals surface area contributed by atoms with Crippen molar-refractivity contribution in [1.82, 2.24) is 5.32 Å². The summed E-state index contributed by atoms with van der Waals surface area (Å²) in [4.78, 5) is 0.0480. The van der Waals surface area contributed by atoms with Crippen LogP contribution in [0.4, 0.5) is 0 Å². The first-order chi connectivity index (χ1) is 7.51. The van der Waals surface area contributed by atoms with Gasteiger partial charge in [-0.05, 0) is 37.6 Å². The van der Waals surface area contributed by atoms with Crippen LogP contribution >= 0.6 is 0 Å². The fourth-order valence-electron chi connectivity index (χ4n) is 1.94. The van der Waals surface area contributed by atoms with Crippen molar-refractivity contribution in [2.45, 2.75) is 23.5 Å². The molecule has 88 valence electrons. The summed E-state index contributed by atoms with van der Waals surface area (Å²) in [6, 6.07) is 4.67. The number of benzene rings is 1. The van der Waals surface area contributed by atoms with Crippen LogP contribution < -0.4 is 5.32 Å². The van der Waals surface area contributed by atoms with Crippen LogP contribution in [0, 0.1) is 6.92 Å². The van der Waals surface area contributed by atoms with Gasteiger partial charge in [0.15, 0.2) is 9.84 Å². The average molecular weight is 241 g/mol. The van der Waals surface area contributed by atoms with E-state index in [1.807, 2.05) is 6.92 Å². The van der Waals surface area contributed by atoms with E-state index in [1.54, 1.807) is 6.07 Å². The number of hydrogen-bond donors (Lipinski definition) is 2. The quantitative estimate of drug-likeness (QED) is 0.805. The molecule has 2 rings (SSSR count). The summed E-state index contributed by atoms with van der Waals surface area (Å²) < 4.78 is 24.3. The van der Waals surface area contributed by atoms with Gasteiger partial charge in [-0.3, -0.25) is 0 Å². The predicted molar refractivity (Wildman–Crippen MR) is 61.3 cm³/mol. The molecule has 4 nitrogen and oxygen atoms in total. The molecule has 1 aliphatic heterocycles. The summed E-state index contributed by atoms with van der Waals surface area (Å²) in [5, 5.41) is 12.3. The Hall–Kier alpha value is -1.07. The lowest BCUT2D eigenvalue weighted by atomic mass is 10.2. The van der Waals surface area contributed by atoms with E-state index in [0.717, 1.165) is 12.1 Å². The second-order valence-electron chi connectivity index (χ2n) is 4.13. The van der Waals surface area contributed by atoms with Crippen LogP contribution in [0.25, 0.3) is 0 Å².